The van der Waals surface area contributed by atoms with Gasteiger partial charge in [-0.05, 0) is 29.4 Å². The van der Waals surface area contributed by atoms with Crippen LogP contribution in [0.3, 0.4) is 0 Å². The number of rotatable bonds is 4. The first kappa shape index (κ1) is 13.1. The summed E-state index contributed by atoms with van der Waals surface area (Å²) in [4.78, 5) is 0. The van der Waals surface area contributed by atoms with Crippen LogP contribution in [-0.4, -0.2) is 6.61 Å². The van der Waals surface area contributed by atoms with Crippen LogP contribution in [0.25, 0.3) is 0 Å². The van der Waals surface area contributed by atoms with Gasteiger partial charge in [0.15, 0.2) is 0 Å². The van der Waals surface area contributed by atoms with Gasteiger partial charge in [-0.1, -0.05) is 52.8 Å². The molecule has 0 atom stereocenters. The average molecular weight is 220 g/mol. The second-order valence-corrected chi connectivity index (χ2v) is 5.85. The molecule has 0 aromatic heterocycles. The van der Waals surface area contributed by atoms with E-state index in [-0.39, 0.29) is 0 Å². The molecular weight excluding hydrogens is 196 g/mol. The zero-order valence-electron chi connectivity index (χ0n) is 11.2. The molecule has 0 aliphatic rings. The lowest BCUT2D eigenvalue weighted by Crippen LogP contribution is -2.11. The van der Waals surface area contributed by atoms with Gasteiger partial charge >= 0.3 is 0 Å². The number of hydrogen-bond acceptors (Lipinski definition) is 1. The van der Waals surface area contributed by atoms with Crippen LogP contribution in [-0.2, 0) is 0 Å². The van der Waals surface area contributed by atoms with Gasteiger partial charge in [0.2, 0.25) is 0 Å². The summed E-state index contributed by atoms with van der Waals surface area (Å²) in [5, 5.41) is 0. The van der Waals surface area contributed by atoms with Crippen LogP contribution >= 0.6 is 0 Å². The highest BCUT2D eigenvalue weighted by molar-refractivity contribution is 5.35. The Hall–Kier alpha value is -0.980. The molecule has 0 spiro atoms. The van der Waals surface area contributed by atoms with E-state index in [0.717, 1.165) is 18.8 Å². The van der Waals surface area contributed by atoms with Gasteiger partial charge in [0.05, 0.1) is 6.61 Å². The predicted octanol–water partition coefficient (Wildman–Crippen LogP) is 4.63. The average Bonchev–Trinajstić information content (AvgIpc) is 2.16. The summed E-state index contributed by atoms with van der Waals surface area (Å²) in [6.45, 7) is 11.9. The van der Waals surface area contributed by atoms with Gasteiger partial charge in [-0.15, -0.1) is 0 Å². The minimum atomic E-state index is 0.340. The highest BCUT2D eigenvalue weighted by Crippen LogP contribution is 2.27. The van der Waals surface area contributed by atoms with Crippen LogP contribution in [0.4, 0.5) is 0 Å². The van der Waals surface area contributed by atoms with Gasteiger partial charge in [0, 0.05) is 0 Å². The van der Waals surface area contributed by atoms with Crippen molar-refractivity contribution in [2.75, 3.05) is 6.61 Å². The maximum Gasteiger partial charge on any atom is 0.122 e. The second-order valence-electron chi connectivity index (χ2n) is 5.85. The molecule has 0 N–H and O–H groups in total. The standard InChI is InChI=1S/C15H24O/c1-12(2)13-8-6-7-9-14(13)16-11-10-15(3,4)5/h6-9,12H,10-11H2,1-5H3. The molecule has 0 heterocycles. The van der Waals surface area contributed by atoms with Crippen molar-refractivity contribution in [3.63, 3.8) is 0 Å². The van der Waals surface area contributed by atoms with Crippen molar-refractivity contribution in [1.29, 1.82) is 0 Å². The molecule has 0 saturated carbocycles. The van der Waals surface area contributed by atoms with Gasteiger partial charge in [-0.2, -0.15) is 0 Å². The summed E-state index contributed by atoms with van der Waals surface area (Å²) in [5.74, 6) is 1.56. The number of benzene rings is 1. The third-order valence-corrected chi connectivity index (χ3v) is 2.65. The summed E-state index contributed by atoms with van der Waals surface area (Å²) in [6.07, 6.45) is 1.08. The molecule has 0 bridgehead atoms. The van der Waals surface area contributed by atoms with Crippen molar-refractivity contribution in [2.45, 2.75) is 47.0 Å². The van der Waals surface area contributed by atoms with Crippen molar-refractivity contribution >= 4 is 0 Å². The molecule has 0 amide bonds. The smallest absolute Gasteiger partial charge is 0.122 e. The third kappa shape index (κ3) is 4.26. The molecule has 1 heteroatoms. The summed E-state index contributed by atoms with van der Waals surface area (Å²) in [7, 11) is 0. The summed E-state index contributed by atoms with van der Waals surface area (Å²) >= 11 is 0. The highest BCUT2D eigenvalue weighted by Gasteiger charge is 2.11. The van der Waals surface area contributed by atoms with Crippen LogP contribution in [0.1, 0.15) is 52.5 Å². The first-order valence-electron chi connectivity index (χ1n) is 6.12. The molecule has 0 radical (unpaired) electrons. The van der Waals surface area contributed by atoms with E-state index in [1.165, 1.54) is 5.56 Å². The van der Waals surface area contributed by atoms with Crippen molar-refractivity contribution in [1.82, 2.24) is 0 Å². The van der Waals surface area contributed by atoms with E-state index >= 15 is 0 Å². The SMILES string of the molecule is CC(C)c1ccccc1OCCC(C)(C)C. The Morgan fingerprint density at radius 2 is 1.75 bits per heavy atom. The summed E-state index contributed by atoms with van der Waals surface area (Å²) in [6, 6.07) is 8.33. The first-order valence-corrected chi connectivity index (χ1v) is 6.12. The molecule has 0 aliphatic carbocycles. The molecule has 0 unspecified atom stereocenters. The maximum absolute atomic E-state index is 5.87. The Balaban J connectivity index is 2.60. The van der Waals surface area contributed by atoms with E-state index in [4.69, 9.17) is 4.74 Å². The normalized spacial score (nSPS) is 11.9. The maximum atomic E-state index is 5.87. The van der Waals surface area contributed by atoms with Gasteiger partial charge in [-0.25, -0.2) is 0 Å². The first-order chi connectivity index (χ1) is 7.40. The lowest BCUT2D eigenvalue weighted by molar-refractivity contribution is 0.241. The monoisotopic (exact) mass is 220 g/mol. The third-order valence-electron chi connectivity index (χ3n) is 2.65. The van der Waals surface area contributed by atoms with Crippen molar-refractivity contribution in [3.8, 4) is 5.75 Å². The quantitative estimate of drug-likeness (QED) is 0.719. The molecule has 1 aromatic rings. The molecule has 0 fully saturated rings. The van der Waals surface area contributed by atoms with Gasteiger partial charge in [0.25, 0.3) is 0 Å². The fourth-order valence-corrected chi connectivity index (χ4v) is 1.56. The van der Waals surface area contributed by atoms with Crippen LogP contribution in [0, 0.1) is 5.41 Å². The molecule has 16 heavy (non-hydrogen) atoms. The minimum Gasteiger partial charge on any atom is -0.493 e. The minimum absolute atomic E-state index is 0.340. The summed E-state index contributed by atoms with van der Waals surface area (Å²) < 4.78 is 5.87. The molecule has 0 aliphatic heterocycles. The van der Waals surface area contributed by atoms with Crippen LogP contribution in [0.5, 0.6) is 5.75 Å². The predicted molar refractivity (Wildman–Crippen MR) is 70.1 cm³/mol. The van der Waals surface area contributed by atoms with Crippen LogP contribution in [0.15, 0.2) is 24.3 Å². The number of hydrogen-bond donors (Lipinski definition) is 0. The molecule has 0 saturated heterocycles. The molecule has 90 valence electrons. The zero-order chi connectivity index (χ0) is 12.2. The largest absolute Gasteiger partial charge is 0.493 e. The van der Waals surface area contributed by atoms with E-state index in [1.807, 2.05) is 6.07 Å². The van der Waals surface area contributed by atoms with Crippen molar-refractivity contribution < 1.29 is 4.74 Å². The Morgan fingerprint density at radius 3 is 2.31 bits per heavy atom. The Bertz CT molecular complexity index is 320. The zero-order valence-corrected chi connectivity index (χ0v) is 11.2. The van der Waals surface area contributed by atoms with Crippen molar-refractivity contribution in [3.05, 3.63) is 29.8 Å². The van der Waals surface area contributed by atoms with Crippen molar-refractivity contribution in [2.24, 2.45) is 5.41 Å². The number of ether oxygens (including phenoxy) is 1. The highest BCUT2D eigenvalue weighted by atomic mass is 16.5. The van der Waals surface area contributed by atoms with Gasteiger partial charge < -0.3 is 4.74 Å². The van der Waals surface area contributed by atoms with E-state index in [2.05, 4.69) is 52.8 Å². The Labute approximate surface area is 99.8 Å². The van der Waals surface area contributed by atoms with E-state index in [1.54, 1.807) is 0 Å². The Kier molecular flexibility index (Phi) is 4.40. The summed E-state index contributed by atoms with van der Waals surface area (Å²) in [5.41, 5.74) is 1.64. The van der Waals surface area contributed by atoms with E-state index in [0.29, 0.717) is 11.3 Å². The Morgan fingerprint density at radius 1 is 1.12 bits per heavy atom. The second kappa shape index (κ2) is 5.38. The lowest BCUT2D eigenvalue weighted by atomic mass is 9.93. The van der Waals surface area contributed by atoms with E-state index in [9.17, 15) is 0 Å². The lowest BCUT2D eigenvalue weighted by Gasteiger charge is -2.19. The van der Waals surface area contributed by atoms with Gasteiger partial charge in [0.1, 0.15) is 5.75 Å². The van der Waals surface area contributed by atoms with Crippen LogP contribution in [0.2, 0.25) is 0 Å². The molecular formula is C15H24O. The molecule has 1 nitrogen and oxygen atoms in total. The molecule has 1 aromatic carbocycles. The fourth-order valence-electron chi connectivity index (χ4n) is 1.56. The topological polar surface area (TPSA) is 9.23 Å². The fraction of sp³-hybridized carbons (Fsp3) is 0.600. The van der Waals surface area contributed by atoms with Crippen LogP contribution < -0.4 is 4.74 Å². The molecule has 1 rings (SSSR count). The van der Waals surface area contributed by atoms with Gasteiger partial charge in [-0.3, -0.25) is 0 Å². The van der Waals surface area contributed by atoms with E-state index < -0.39 is 0 Å². The number of para-hydroxylation sites is 1.